The summed E-state index contributed by atoms with van der Waals surface area (Å²) in [7, 11) is 0. The Kier molecular flexibility index (Phi) is 5.83. The summed E-state index contributed by atoms with van der Waals surface area (Å²) in [6, 6.07) is 5.33. The van der Waals surface area contributed by atoms with Crippen molar-refractivity contribution in [3.05, 3.63) is 23.8 Å². The first-order valence-corrected chi connectivity index (χ1v) is 6.82. The Labute approximate surface area is 115 Å². The van der Waals surface area contributed by atoms with Gasteiger partial charge >= 0.3 is 0 Å². The van der Waals surface area contributed by atoms with Crippen LogP contribution in [0.5, 0.6) is 5.75 Å². The Bertz CT molecular complexity index is 430. The highest BCUT2D eigenvalue weighted by Crippen LogP contribution is 2.23. The molecule has 0 aromatic heterocycles. The second kappa shape index (κ2) is 7.14. The fourth-order valence-electron chi connectivity index (χ4n) is 1.97. The van der Waals surface area contributed by atoms with Gasteiger partial charge in [0, 0.05) is 11.6 Å². The first kappa shape index (κ1) is 15.5. The number of anilines is 1. The molecule has 3 N–H and O–H groups in total. The predicted molar refractivity (Wildman–Crippen MR) is 78.7 cm³/mol. The van der Waals surface area contributed by atoms with Gasteiger partial charge in [0.15, 0.2) is 5.78 Å². The number of carbonyl (C=O) groups is 1. The number of ketones is 1. The van der Waals surface area contributed by atoms with E-state index in [1.165, 1.54) is 0 Å². The van der Waals surface area contributed by atoms with Crippen molar-refractivity contribution in [2.24, 2.45) is 0 Å². The van der Waals surface area contributed by atoms with Gasteiger partial charge in [0.2, 0.25) is 0 Å². The molecular weight excluding hydrogens is 240 g/mol. The summed E-state index contributed by atoms with van der Waals surface area (Å²) in [4.78, 5) is 12.4. The molecule has 1 aromatic rings. The SMILES string of the molecule is CCOc1ccc(C(=O)C(CC)NC(C)C)cc1N. The molecule has 1 rings (SSSR count). The summed E-state index contributed by atoms with van der Waals surface area (Å²) >= 11 is 0. The molecule has 106 valence electrons. The average molecular weight is 264 g/mol. The molecule has 1 atom stereocenters. The fourth-order valence-corrected chi connectivity index (χ4v) is 1.97. The van der Waals surface area contributed by atoms with Crippen molar-refractivity contribution >= 4 is 11.5 Å². The zero-order valence-electron chi connectivity index (χ0n) is 12.2. The minimum Gasteiger partial charge on any atom is -0.492 e. The van der Waals surface area contributed by atoms with E-state index in [2.05, 4.69) is 5.32 Å². The topological polar surface area (TPSA) is 64.3 Å². The van der Waals surface area contributed by atoms with Crippen LogP contribution in [0, 0.1) is 0 Å². The van der Waals surface area contributed by atoms with Gasteiger partial charge in [-0.1, -0.05) is 20.8 Å². The molecule has 1 aromatic carbocycles. The van der Waals surface area contributed by atoms with E-state index in [0.29, 0.717) is 23.6 Å². The number of hydrogen-bond acceptors (Lipinski definition) is 4. The predicted octanol–water partition coefficient (Wildman–Crippen LogP) is 2.63. The van der Waals surface area contributed by atoms with Crippen LogP contribution in [-0.4, -0.2) is 24.5 Å². The van der Waals surface area contributed by atoms with Crippen molar-refractivity contribution in [3.63, 3.8) is 0 Å². The number of carbonyl (C=O) groups excluding carboxylic acids is 1. The highest BCUT2D eigenvalue weighted by Gasteiger charge is 2.19. The molecule has 0 saturated heterocycles. The summed E-state index contributed by atoms with van der Waals surface area (Å²) < 4.78 is 5.37. The maximum Gasteiger partial charge on any atom is 0.179 e. The van der Waals surface area contributed by atoms with Gasteiger partial charge in [0.25, 0.3) is 0 Å². The maximum absolute atomic E-state index is 12.4. The van der Waals surface area contributed by atoms with Crippen LogP contribution < -0.4 is 15.8 Å². The average Bonchev–Trinajstić information content (AvgIpc) is 2.37. The van der Waals surface area contributed by atoms with Gasteiger partial charge in [0.05, 0.1) is 18.3 Å². The Morgan fingerprint density at radius 2 is 2.05 bits per heavy atom. The minimum absolute atomic E-state index is 0.0750. The molecule has 0 fully saturated rings. The summed E-state index contributed by atoms with van der Waals surface area (Å²) in [5.74, 6) is 0.704. The third-order valence-electron chi connectivity index (χ3n) is 2.85. The molecule has 0 amide bonds. The van der Waals surface area contributed by atoms with Crippen LogP contribution in [0.15, 0.2) is 18.2 Å². The molecular formula is C15H24N2O2. The highest BCUT2D eigenvalue weighted by molar-refractivity contribution is 6.01. The van der Waals surface area contributed by atoms with Crippen LogP contribution in [0.25, 0.3) is 0 Å². The summed E-state index contributed by atoms with van der Waals surface area (Å²) in [5.41, 5.74) is 7.02. The van der Waals surface area contributed by atoms with Crippen LogP contribution in [0.2, 0.25) is 0 Å². The van der Waals surface area contributed by atoms with Crippen molar-refractivity contribution in [3.8, 4) is 5.75 Å². The van der Waals surface area contributed by atoms with Gasteiger partial charge in [-0.3, -0.25) is 4.79 Å². The third kappa shape index (κ3) is 4.24. The van der Waals surface area contributed by atoms with Gasteiger partial charge < -0.3 is 15.8 Å². The van der Waals surface area contributed by atoms with E-state index in [4.69, 9.17) is 10.5 Å². The van der Waals surface area contributed by atoms with Crippen molar-refractivity contribution in [2.45, 2.75) is 46.2 Å². The van der Waals surface area contributed by atoms with Crippen molar-refractivity contribution in [1.82, 2.24) is 5.32 Å². The highest BCUT2D eigenvalue weighted by atomic mass is 16.5. The van der Waals surface area contributed by atoms with Crippen LogP contribution in [0.3, 0.4) is 0 Å². The number of hydrogen-bond donors (Lipinski definition) is 2. The Morgan fingerprint density at radius 1 is 1.37 bits per heavy atom. The van der Waals surface area contributed by atoms with Crippen molar-refractivity contribution in [1.29, 1.82) is 0 Å². The van der Waals surface area contributed by atoms with Crippen LogP contribution >= 0.6 is 0 Å². The molecule has 0 spiro atoms. The molecule has 19 heavy (non-hydrogen) atoms. The molecule has 0 saturated carbocycles. The van der Waals surface area contributed by atoms with E-state index in [-0.39, 0.29) is 17.9 Å². The fraction of sp³-hybridized carbons (Fsp3) is 0.533. The molecule has 0 aliphatic carbocycles. The molecule has 4 nitrogen and oxygen atoms in total. The van der Waals surface area contributed by atoms with Gasteiger partial charge in [-0.2, -0.15) is 0 Å². The number of benzene rings is 1. The number of nitrogen functional groups attached to an aromatic ring is 1. The standard InChI is InChI=1S/C15H24N2O2/c1-5-13(17-10(3)4)15(18)11-7-8-14(19-6-2)12(16)9-11/h7-10,13,17H,5-6,16H2,1-4H3. The van der Waals surface area contributed by atoms with E-state index in [0.717, 1.165) is 6.42 Å². The Morgan fingerprint density at radius 3 is 2.53 bits per heavy atom. The maximum atomic E-state index is 12.4. The first-order valence-electron chi connectivity index (χ1n) is 6.82. The van der Waals surface area contributed by atoms with Gasteiger partial charge in [-0.15, -0.1) is 0 Å². The summed E-state index contributed by atoms with van der Waals surface area (Å²) in [6.45, 7) is 8.52. The van der Waals surface area contributed by atoms with Crippen LogP contribution in [0.4, 0.5) is 5.69 Å². The van der Waals surface area contributed by atoms with Crippen LogP contribution in [-0.2, 0) is 0 Å². The quantitative estimate of drug-likeness (QED) is 0.587. The molecule has 0 heterocycles. The minimum atomic E-state index is -0.169. The second-order valence-corrected chi connectivity index (χ2v) is 4.83. The first-order chi connectivity index (χ1) is 8.99. The zero-order valence-corrected chi connectivity index (χ0v) is 12.2. The molecule has 0 aliphatic rings. The summed E-state index contributed by atoms with van der Waals surface area (Å²) in [5, 5.41) is 3.27. The number of rotatable bonds is 7. The Balaban J connectivity index is 2.89. The van der Waals surface area contributed by atoms with Gasteiger partial charge in [-0.25, -0.2) is 0 Å². The normalized spacial score (nSPS) is 12.5. The smallest absolute Gasteiger partial charge is 0.179 e. The summed E-state index contributed by atoms with van der Waals surface area (Å²) in [6.07, 6.45) is 0.754. The Hall–Kier alpha value is -1.55. The number of Topliss-reactive ketones (excluding diaryl/α,β-unsaturated/α-hetero) is 1. The number of ether oxygens (including phenoxy) is 1. The van der Waals surface area contributed by atoms with Crippen LogP contribution in [0.1, 0.15) is 44.5 Å². The molecule has 4 heteroatoms. The largest absolute Gasteiger partial charge is 0.492 e. The third-order valence-corrected chi connectivity index (χ3v) is 2.85. The van der Waals surface area contributed by atoms with E-state index in [1.807, 2.05) is 27.7 Å². The lowest BCUT2D eigenvalue weighted by Gasteiger charge is -2.19. The monoisotopic (exact) mass is 264 g/mol. The van der Waals surface area contributed by atoms with E-state index >= 15 is 0 Å². The second-order valence-electron chi connectivity index (χ2n) is 4.83. The van der Waals surface area contributed by atoms with Gasteiger partial charge in [-0.05, 0) is 31.5 Å². The van der Waals surface area contributed by atoms with E-state index < -0.39 is 0 Å². The lowest BCUT2D eigenvalue weighted by Crippen LogP contribution is -2.40. The molecule has 0 bridgehead atoms. The molecule has 0 radical (unpaired) electrons. The zero-order chi connectivity index (χ0) is 14.4. The lowest BCUT2D eigenvalue weighted by molar-refractivity contribution is 0.0935. The number of nitrogens with one attached hydrogen (secondary N) is 1. The van der Waals surface area contributed by atoms with Crippen molar-refractivity contribution in [2.75, 3.05) is 12.3 Å². The van der Waals surface area contributed by atoms with E-state index in [9.17, 15) is 4.79 Å². The lowest BCUT2D eigenvalue weighted by atomic mass is 10.0. The number of nitrogens with two attached hydrogens (primary N) is 1. The molecule has 1 unspecified atom stereocenters. The van der Waals surface area contributed by atoms with Gasteiger partial charge in [0.1, 0.15) is 5.75 Å². The van der Waals surface area contributed by atoms with Crippen molar-refractivity contribution < 1.29 is 9.53 Å². The van der Waals surface area contributed by atoms with E-state index in [1.54, 1.807) is 18.2 Å². The molecule has 0 aliphatic heterocycles.